The maximum Gasteiger partial charge on any atom is 0.411 e. The summed E-state index contributed by atoms with van der Waals surface area (Å²) < 4.78 is 19.6. The molecular formula is C32H37N3O5. The molecule has 0 radical (unpaired) electrons. The van der Waals surface area contributed by atoms with Gasteiger partial charge < -0.3 is 18.8 Å². The number of carbonyl (C=O) groups is 2. The monoisotopic (exact) mass is 543 g/mol. The lowest BCUT2D eigenvalue weighted by atomic mass is 9.72. The highest BCUT2D eigenvalue weighted by molar-refractivity contribution is 5.82. The molecule has 0 bridgehead atoms. The standard InChI is InChI=1S/C32H37N3O5/c1-5-38-30(36)28-17-24-16-26(13-11-23(24)20-35(28)31(37)40-32(2,3)4)39-29-18-25(12-10-22(29)19-33)34-15-14-21-8-6-7-9-27(21)34/h6-10,12,14-15,18,23-24,26,28H,5,11,13,16-17,20H2,1-4H3/t23-,24-,26-,28-/m0/s1. The Morgan fingerprint density at radius 1 is 1.05 bits per heavy atom. The summed E-state index contributed by atoms with van der Waals surface area (Å²) in [6, 6.07) is 17.5. The second-order valence-corrected chi connectivity index (χ2v) is 11.7. The van der Waals surface area contributed by atoms with Gasteiger partial charge in [-0.15, -0.1) is 0 Å². The van der Waals surface area contributed by atoms with Crippen molar-refractivity contribution in [2.24, 2.45) is 11.8 Å². The molecule has 0 spiro atoms. The SMILES string of the molecule is CCOC(=O)[C@@H]1C[C@@H]2C[C@@H](Oc3cc(-n4ccc5ccccc54)ccc3C#N)CC[C@H]2CN1C(=O)OC(C)(C)C. The number of nitriles is 1. The Kier molecular flexibility index (Phi) is 7.75. The summed E-state index contributed by atoms with van der Waals surface area (Å²) in [4.78, 5) is 27.5. The second kappa shape index (κ2) is 11.2. The molecular weight excluding hydrogens is 506 g/mol. The van der Waals surface area contributed by atoms with E-state index in [-0.39, 0.29) is 24.5 Å². The minimum absolute atomic E-state index is 0.0964. The second-order valence-electron chi connectivity index (χ2n) is 11.7. The Labute approximate surface area is 235 Å². The van der Waals surface area contributed by atoms with Crippen LogP contribution in [0.5, 0.6) is 5.75 Å². The molecule has 5 rings (SSSR count). The van der Waals surface area contributed by atoms with E-state index >= 15 is 0 Å². The molecule has 8 nitrogen and oxygen atoms in total. The van der Waals surface area contributed by atoms with Gasteiger partial charge >= 0.3 is 12.1 Å². The molecule has 2 heterocycles. The topological polar surface area (TPSA) is 93.8 Å². The summed E-state index contributed by atoms with van der Waals surface area (Å²) in [6.07, 6.45) is 4.35. The number of esters is 1. The minimum atomic E-state index is -0.685. The molecule has 0 unspecified atom stereocenters. The fraction of sp³-hybridized carbons (Fsp3) is 0.469. The van der Waals surface area contributed by atoms with Crippen LogP contribution in [0.1, 0.15) is 58.9 Å². The Balaban J connectivity index is 1.34. The third-order valence-electron chi connectivity index (χ3n) is 7.87. The maximum absolute atomic E-state index is 13.0. The number of nitrogens with zero attached hydrogens (tertiary/aromatic N) is 3. The van der Waals surface area contributed by atoms with Gasteiger partial charge in [0.15, 0.2) is 0 Å². The summed E-state index contributed by atoms with van der Waals surface area (Å²) in [6.45, 7) is 7.94. The summed E-state index contributed by atoms with van der Waals surface area (Å²) in [5.41, 5.74) is 1.85. The predicted octanol–water partition coefficient (Wildman–Crippen LogP) is 6.24. The van der Waals surface area contributed by atoms with E-state index < -0.39 is 23.7 Å². The third-order valence-corrected chi connectivity index (χ3v) is 7.87. The van der Waals surface area contributed by atoms with Crippen molar-refractivity contribution in [3.63, 3.8) is 0 Å². The summed E-state index contributed by atoms with van der Waals surface area (Å²) in [5.74, 6) is 0.600. The highest BCUT2D eigenvalue weighted by Crippen LogP contribution is 2.41. The zero-order valence-corrected chi connectivity index (χ0v) is 23.6. The number of rotatable bonds is 5. The van der Waals surface area contributed by atoms with E-state index in [0.29, 0.717) is 24.3 Å². The molecule has 8 heteroatoms. The van der Waals surface area contributed by atoms with Gasteiger partial charge in [0, 0.05) is 24.5 Å². The number of amides is 1. The molecule has 1 aliphatic heterocycles. The molecule has 4 atom stereocenters. The lowest BCUT2D eigenvalue weighted by Gasteiger charge is -2.46. The van der Waals surface area contributed by atoms with E-state index in [9.17, 15) is 14.9 Å². The zero-order valence-electron chi connectivity index (χ0n) is 23.6. The predicted molar refractivity (Wildman–Crippen MR) is 151 cm³/mol. The average Bonchev–Trinajstić information content (AvgIpc) is 3.36. The van der Waals surface area contributed by atoms with E-state index in [0.717, 1.165) is 35.9 Å². The first-order valence-corrected chi connectivity index (χ1v) is 14.1. The number of hydrogen-bond donors (Lipinski definition) is 0. The van der Waals surface area contributed by atoms with Crippen LogP contribution < -0.4 is 4.74 Å². The van der Waals surface area contributed by atoms with Gasteiger partial charge in [0.1, 0.15) is 23.5 Å². The minimum Gasteiger partial charge on any atom is -0.489 e. The van der Waals surface area contributed by atoms with Crippen molar-refractivity contribution in [3.8, 4) is 17.5 Å². The lowest BCUT2D eigenvalue weighted by Crippen LogP contribution is -2.56. The number of likely N-dealkylation sites (tertiary alicyclic amines) is 1. The van der Waals surface area contributed by atoms with Crippen molar-refractivity contribution in [3.05, 3.63) is 60.3 Å². The molecule has 40 heavy (non-hydrogen) atoms. The first-order valence-electron chi connectivity index (χ1n) is 14.1. The molecule has 0 N–H and O–H groups in total. The van der Waals surface area contributed by atoms with Crippen molar-refractivity contribution < 1.29 is 23.8 Å². The van der Waals surface area contributed by atoms with Crippen LogP contribution in [-0.4, -0.2) is 52.4 Å². The van der Waals surface area contributed by atoms with Crippen molar-refractivity contribution in [2.45, 2.75) is 71.1 Å². The van der Waals surface area contributed by atoms with Crippen LogP contribution >= 0.6 is 0 Å². The van der Waals surface area contributed by atoms with Crippen LogP contribution in [-0.2, 0) is 14.3 Å². The lowest BCUT2D eigenvalue weighted by molar-refractivity contribution is -0.153. The number of aromatic nitrogens is 1. The summed E-state index contributed by atoms with van der Waals surface area (Å²) in [5, 5.41) is 10.9. The fourth-order valence-electron chi connectivity index (χ4n) is 6.04. The van der Waals surface area contributed by atoms with E-state index in [4.69, 9.17) is 14.2 Å². The normalized spacial score (nSPS) is 22.7. The Morgan fingerprint density at radius 2 is 1.85 bits per heavy atom. The largest absolute Gasteiger partial charge is 0.489 e. The number of carbonyl (C=O) groups excluding carboxylic acids is 2. The van der Waals surface area contributed by atoms with E-state index in [2.05, 4.69) is 28.8 Å². The first-order chi connectivity index (χ1) is 19.2. The van der Waals surface area contributed by atoms with Gasteiger partial charge in [0.25, 0.3) is 0 Å². The van der Waals surface area contributed by atoms with E-state index in [1.165, 1.54) is 0 Å². The molecule has 2 aromatic carbocycles. The van der Waals surface area contributed by atoms with Gasteiger partial charge in [-0.3, -0.25) is 4.90 Å². The fourth-order valence-corrected chi connectivity index (χ4v) is 6.04. The molecule has 1 aromatic heterocycles. The summed E-state index contributed by atoms with van der Waals surface area (Å²) in [7, 11) is 0. The molecule has 2 fully saturated rings. The molecule has 1 saturated carbocycles. The molecule has 3 aromatic rings. The smallest absolute Gasteiger partial charge is 0.411 e. The number of ether oxygens (including phenoxy) is 3. The zero-order chi connectivity index (χ0) is 28.4. The van der Waals surface area contributed by atoms with Crippen molar-refractivity contribution in [1.29, 1.82) is 5.26 Å². The third kappa shape index (κ3) is 5.79. The molecule has 210 valence electrons. The number of para-hydroxylation sites is 1. The first kappa shape index (κ1) is 27.6. The van der Waals surface area contributed by atoms with E-state index in [1.807, 2.05) is 51.2 Å². The van der Waals surface area contributed by atoms with Crippen molar-refractivity contribution >= 4 is 23.0 Å². The maximum atomic E-state index is 13.0. The van der Waals surface area contributed by atoms with Gasteiger partial charge in [-0.2, -0.15) is 5.26 Å². The average molecular weight is 544 g/mol. The molecule has 1 aliphatic carbocycles. The van der Waals surface area contributed by atoms with Gasteiger partial charge in [-0.05, 0) is 94.9 Å². The Hall–Kier alpha value is -3.99. The number of piperidine rings is 1. The Morgan fingerprint density at radius 3 is 2.60 bits per heavy atom. The summed E-state index contributed by atoms with van der Waals surface area (Å²) >= 11 is 0. The molecule has 1 saturated heterocycles. The van der Waals surface area contributed by atoms with Crippen LogP contribution in [0.2, 0.25) is 0 Å². The van der Waals surface area contributed by atoms with Crippen LogP contribution in [0.25, 0.3) is 16.6 Å². The number of hydrogen-bond acceptors (Lipinski definition) is 6. The highest BCUT2D eigenvalue weighted by atomic mass is 16.6. The van der Waals surface area contributed by atoms with Crippen LogP contribution in [0.3, 0.4) is 0 Å². The number of fused-ring (bicyclic) bond motifs is 2. The van der Waals surface area contributed by atoms with Crippen molar-refractivity contribution in [2.75, 3.05) is 13.2 Å². The molecule has 2 aliphatic rings. The quantitative estimate of drug-likeness (QED) is 0.354. The van der Waals surface area contributed by atoms with E-state index in [1.54, 1.807) is 17.9 Å². The number of benzene rings is 2. The van der Waals surface area contributed by atoms with Gasteiger partial charge in [0.05, 0.1) is 23.8 Å². The van der Waals surface area contributed by atoms with Crippen molar-refractivity contribution in [1.82, 2.24) is 9.47 Å². The van der Waals surface area contributed by atoms with Gasteiger partial charge in [-0.25, -0.2) is 9.59 Å². The van der Waals surface area contributed by atoms with Crippen LogP contribution in [0, 0.1) is 23.2 Å². The molecule has 1 amide bonds. The van der Waals surface area contributed by atoms with Crippen LogP contribution in [0.4, 0.5) is 4.79 Å². The van der Waals surface area contributed by atoms with Gasteiger partial charge in [0.2, 0.25) is 0 Å². The van der Waals surface area contributed by atoms with Gasteiger partial charge in [-0.1, -0.05) is 18.2 Å². The highest BCUT2D eigenvalue weighted by Gasteiger charge is 2.46. The van der Waals surface area contributed by atoms with Crippen LogP contribution in [0.15, 0.2) is 54.7 Å². The Bertz CT molecular complexity index is 1430.